The van der Waals surface area contributed by atoms with Gasteiger partial charge in [-0.3, -0.25) is 4.79 Å². The predicted molar refractivity (Wildman–Crippen MR) is 109 cm³/mol. The molecule has 29 heavy (non-hydrogen) atoms. The predicted octanol–water partition coefficient (Wildman–Crippen LogP) is 3.21. The number of hydrogen-bond donors (Lipinski definition) is 1. The lowest BCUT2D eigenvalue weighted by Crippen LogP contribution is -2.28. The van der Waals surface area contributed by atoms with Crippen molar-refractivity contribution in [1.82, 2.24) is 5.32 Å². The number of cyclic esters (lactones) is 1. The van der Waals surface area contributed by atoms with Gasteiger partial charge in [0.15, 0.2) is 23.8 Å². The zero-order valence-corrected chi connectivity index (χ0v) is 16.7. The Morgan fingerprint density at radius 2 is 2.03 bits per heavy atom. The van der Waals surface area contributed by atoms with Crippen LogP contribution in [0.3, 0.4) is 0 Å². The molecule has 0 saturated heterocycles. The van der Waals surface area contributed by atoms with Gasteiger partial charge in [0.1, 0.15) is 0 Å². The Morgan fingerprint density at radius 3 is 2.76 bits per heavy atom. The zero-order valence-electron chi connectivity index (χ0n) is 15.9. The molecule has 1 amide bonds. The summed E-state index contributed by atoms with van der Waals surface area (Å²) in [6.07, 6.45) is 1.57. The molecule has 150 valence electrons. The van der Waals surface area contributed by atoms with E-state index in [1.807, 2.05) is 6.92 Å². The van der Waals surface area contributed by atoms with Crippen LogP contribution in [-0.4, -0.2) is 38.0 Å². The van der Waals surface area contributed by atoms with E-state index in [1.54, 1.807) is 48.5 Å². The van der Waals surface area contributed by atoms with Crippen molar-refractivity contribution < 1.29 is 23.8 Å². The lowest BCUT2D eigenvalue weighted by molar-refractivity contribution is -0.130. The SMILES string of the molecule is CCNC(=O)COc1ccc(/C=C2\N=C(c3ccccc3Cl)OC2=O)cc1OC. The summed E-state index contributed by atoms with van der Waals surface area (Å²) in [5.74, 6) is 0.188. The largest absolute Gasteiger partial charge is 0.493 e. The maximum atomic E-state index is 12.2. The Bertz CT molecular complexity index is 1000. The van der Waals surface area contributed by atoms with Crippen molar-refractivity contribution in [2.75, 3.05) is 20.3 Å². The first-order valence-corrected chi connectivity index (χ1v) is 9.24. The quantitative estimate of drug-likeness (QED) is 0.555. The average Bonchev–Trinajstić information content (AvgIpc) is 3.07. The van der Waals surface area contributed by atoms with Gasteiger partial charge in [-0.15, -0.1) is 0 Å². The van der Waals surface area contributed by atoms with E-state index in [0.717, 1.165) is 0 Å². The van der Waals surface area contributed by atoms with Crippen LogP contribution >= 0.6 is 11.6 Å². The second-order valence-electron chi connectivity index (χ2n) is 5.97. The molecule has 2 aromatic carbocycles. The topological polar surface area (TPSA) is 86.2 Å². The van der Waals surface area contributed by atoms with Crippen LogP contribution in [0, 0.1) is 0 Å². The molecular weight excluding hydrogens is 396 g/mol. The molecular formula is C21H19ClN2O5. The monoisotopic (exact) mass is 414 g/mol. The summed E-state index contributed by atoms with van der Waals surface area (Å²) in [4.78, 5) is 28.0. The molecule has 7 nitrogen and oxygen atoms in total. The van der Waals surface area contributed by atoms with E-state index < -0.39 is 5.97 Å². The number of nitrogens with one attached hydrogen (secondary N) is 1. The number of hydrogen-bond acceptors (Lipinski definition) is 6. The zero-order chi connectivity index (χ0) is 20.8. The third kappa shape index (κ3) is 4.94. The number of methoxy groups -OCH3 is 1. The van der Waals surface area contributed by atoms with Crippen molar-refractivity contribution in [1.29, 1.82) is 0 Å². The molecule has 0 atom stereocenters. The lowest BCUT2D eigenvalue weighted by Gasteiger charge is -2.11. The molecule has 1 aliphatic rings. The molecule has 8 heteroatoms. The number of esters is 1. The molecule has 0 radical (unpaired) electrons. The van der Waals surface area contributed by atoms with Gasteiger partial charge in [-0.25, -0.2) is 9.79 Å². The minimum Gasteiger partial charge on any atom is -0.493 e. The summed E-state index contributed by atoms with van der Waals surface area (Å²) >= 11 is 6.14. The molecule has 1 aliphatic heterocycles. The molecule has 0 fully saturated rings. The van der Waals surface area contributed by atoms with Gasteiger partial charge >= 0.3 is 5.97 Å². The summed E-state index contributed by atoms with van der Waals surface area (Å²) in [5.41, 5.74) is 1.33. The van der Waals surface area contributed by atoms with Crippen LogP contribution < -0.4 is 14.8 Å². The van der Waals surface area contributed by atoms with Crippen molar-refractivity contribution in [2.45, 2.75) is 6.92 Å². The third-order valence-corrected chi connectivity index (χ3v) is 4.28. The number of likely N-dealkylation sites (N-methyl/N-ethyl adjacent to an activating group) is 1. The number of rotatable bonds is 7. The molecule has 3 rings (SSSR count). The van der Waals surface area contributed by atoms with Gasteiger partial charge in [0, 0.05) is 6.54 Å². The first-order valence-electron chi connectivity index (χ1n) is 8.86. The molecule has 0 spiro atoms. The van der Waals surface area contributed by atoms with E-state index in [0.29, 0.717) is 34.2 Å². The van der Waals surface area contributed by atoms with Crippen LogP contribution in [0.5, 0.6) is 11.5 Å². The Labute approximate surface area is 172 Å². The van der Waals surface area contributed by atoms with Crippen LogP contribution in [0.2, 0.25) is 5.02 Å². The molecule has 2 aromatic rings. The highest BCUT2D eigenvalue weighted by Crippen LogP contribution is 2.30. The van der Waals surface area contributed by atoms with E-state index >= 15 is 0 Å². The molecule has 1 N–H and O–H groups in total. The highest BCUT2D eigenvalue weighted by molar-refractivity contribution is 6.34. The van der Waals surface area contributed by atoms with Crippen molar-refractivity contribution in [2.24, 2.45) is 4.99 Å². The van der Waals surface area contributed by atoms with Crippen LogP contribution in [0.15, 0.2) is 53.2 Å². The Balaban J connectivity index is 1.81. The molecule has 0 aromatic heterocycles. The van der Waals surface area contributed by atoms with Gasteiger partial charge < -0.3 is 19.5 Å². The van der Waals surface area contributed by atoms with Gasteiger partial charge in [0.2, 0.25) is 5.90 Å². The fourth-order valence-corrected chi connectivity index (χ4v) is 2.82. The summed E-state index contributed by atoms with van der Waals surface area (Å²) in [7, 11) is 1.49. The highest BCUT2D eigenvalue weighted by atomic mass is 35.5. The minimum atomic E-state index is -0.574. The van der Waals surface area contributed by atoms with Gasteiger partial charge in [0.25, 0.3) is 5.91 Å². The minimum absolute atomic E-state index is 0.123. The molecule has 0 bridgehead atoms. The van der Waals surface area contributed by atoms with Crippen molar-refractivity contribution in [3.05, 3.63) is 64.3 Å². The van der Waals surface area contributed by atoms with Crippen molar-refractivity contribution >= 4 is 35.5 Å². The number of carbonyl (C=O) groups excluding carboxylic acids is 2. The highest BCUT2D eigenvalue weighted by Gasteiger charge is 2.25. The molecule has 0 unspecified atom stereocenters. The maximum Gasteiger partial charge on any atom is 0.363 e. The average molecular weight is 415 g/mol. The van der Waals surface area contributed by atoms with Gasteiger partial charge in [-0.05, 0) is 42.8 Å². The van der Waals surface area contributed by atoms with Crippen LogP contribution in [0.4, 0.5) is 0 Å². The number of benzene rings is 2. The normalized spacial score (nSPS) is 14.4. The smallest absolute Gasteiger partial charge is 0.363 e. The molecule has 1 heterocycles. The van der Waals surface area contributed by atoms with Crippen molar-refractivity contribution in [3.63, 3.8) is 0 Å². The Hall–Kier alpha value is -3.32. The first kappa shape index (κ1) is 20.4. The van der Waals surface area contributed by atoms with E-state index in [1.165, 1.54) is 7.11 Å². The number of ether oxygens (including phenoxy) is 3. The fourth-order valence-electron chi connectivity index (χ4n) is 2.60. The number of carbonyl (C=O) groups is 2. The first-order chi connectivity index (χ1) is 14.0. The van der Waals surface area contributed by atoms with Gasteiger partial charge in [-0.2, -0.15) is 0 Å². The second kappa shape index (κ2) is 9.25. The maximum absolute atomic E-state index is 12.2. The summed E-state index contributed by atoms with van der Waals surface area (Å²) in [6.45, 7) is 2.23. The summed E-state index contributed by atoms with van der Waals surface area (Å²) in [6, 6.07) is 12.0. The van der Waals surface area contributed by atoms with Crippen LogP contribution in [0.25, 0.3) is 6.08 Å². The fraction of sp³-hybridized carbons (Fsp3) is 0.190. The molecule has 0 saturated carbocycles. The lowest BCUT2D eigenvalue weighted by atomic mass is 10.1. The van der Waals surface area contributed by atoms with E-state index in [4.69, 9.17) is 25.8 Å². The van der Waals surface area contributed by atoms with Crippen LogP contribution in [0.1, 0.15) is 18.1 Å². The molecule has 0 aliphatic carbocycles. The second-order valence-corrected chi connectivity index (χ2v) is 6.38. The van der Waals surface area contributed by atoms with E-state index in [2.05, 4.69) is 10.3 Å². The van der Waals surface area contributed by atoms with E-state index in [9.17, 15) is 9.59 Å². The Kier molecular flexibility index (Phi) is 6.51. The van der Waals surface area contributed by atoms with Gasteiger partial charge in [0.05, 0.1) is 17.7 Å². The Morgan fingerprint density at radius 1 is 1.24 bits per heavy atom. The van der Waals surface area contributed by atoms with Crippen molar-refractivity contribution in [3.8, 4) is 11.5 Å². The van der Waals surface area contributed by atoms with E-state index in [-0.39, 0.29) is 24.1 Å². The third-order valence-electron chi connectivity index (χ3n) is 3.95. The van der Waals surface area contributed by atoms with Gasteiger partial charge in [-0.1, -0.05) is 29.8 Å². The number of aliphatic imine (C=N–C) groups is 1. The standard InChI is InChI=1S/C21H19ClN2O5/c1-3-23-19(25)12-28-17-9-8-13(11-18(17)27-2)10-16-21(26)29-20(24-16)14-6-4-5-7-15(14)22/h4-11H,3,12H2,1-2H3,(H,23,25)/b16-10-. The summed E-state index contributed by atoms with van der Waals surface area (Å²) < 4.78 is 16.0. The number of halogens is 1. The number of amides is 1. The number of nitrogens with zero attached hydrogens (tertiary/aromatic N) is 1. The summed E-state index contributed by atoms with van der Waals surface area (Å²) in [5, 5.41) is 3.09. The van der Waals surface area contributed by atoms with Crippen LogP contribution in [-0.2, 0) is 14.3 Å².